The summed E-state index contributed by atoms with van der Waals surface area (Å²) in [5, 5.41) is 6.25. The Morgan fingerprint density at radius 1 is 1.38 bits per heavy atom. The van der Waals surface area contributed by atoms with E-state index in [9.17, 15) is 9.59 Å². The Bertz CT molecular complexity index is 516. The van der Waals surface area contributed by atoms with Crippen LogP contribution in [0.5, 0.6) is 0 Å². The van der Waals surface area contributed by atoms with Crippen LogP contribution in [0.4, 0.5) is 5.69 Å². The molecule has 1 atom stereocenters. The first-order chi connectivity index (χ1) is 10.1. The van der Waals surface area contributed by atoms with Crippen LogP contribution in [0, 0.1) is 0 Å². The summed E-state index contributed by atoms with van der Waals surface area (Å²) in [4.78, 5) is 24.7. The van der Waals surface area contributed by atoms with Gasteiger partial charge in [0.25, 0.3) is 0 Å². The maximum absolute atomic E-state index is 11.6. The maximum Gasteiger partial charge on any atom is 0.222 e. The minimum atomic E-state index is -0.0711. The lowest BCUT2D eigenvalue weighted by atomic mass is 10.1. The second-order valence-corrected chi connectivity index (χ2v) is 5.56. The lowest BCUT2D eigenvalue weighted by Crippen LogP contribution is -2.39. The van der Waals surface area contributed by atoms with Crippen LogP contribution in [0.2, 0.25) is 0 Å². The quantitative estimate of drug-likeness (QED) is 0.838. The molecule has 21 heavy (non-hydrogen) atoms. The van der Waals surface area contributed by atoms with Gasteiger partial charge in [0.05, 0.1) is 0 Å². The van der Waals surface area contributed by atoms with Gasteiger partial charge >= 0.3 is 0 Å². The molecular weight excluding hydrogens is 266 g/mol. The highest BCUT2D eigenvalue weighted by atomic mass is 16.2. The van der Waals surface area contributed by atoms with Gasteiger partial charge in [-0.15, -0.1) is 0 Å². The molecule has 1 saturated heterocycles. The molecule has 2 amide bonds. The van der Waals surface area contributed by atoms with Crippen LogP contribution in [-0.4, -0.2) is 35.8 Å². The number of anilines is 1. The van der Waals surface area contributed by atoms with Gasteiger partial charge in [-0.1, -0.05) is 18.2 Å². The molecule has 2 N–H and O–H groups in total. The number of amides is 2. The van der Waals surface area contributed by atoms with E-state index in [1.54, 1.807) is 0 Å². The van der Waals surface area contributed by atoms with Crippen molar-refractivity contribution in [3.8, 4) is 0 Å². The van der Waals surface area contributed by atoms with Crippen molar-refractivity contribution in [2.75, 3.05) is 18.4 Å². The Labute approximate surface area is 125 Å². The number of hydrogen-bond donors (Lipinski definition) is 2. The van der Waals surface area contributed by atoms with Crippen LogP contribution in [0.25, 0.3) is 0 Å². The van der Waals surface area contributed by atoms with Crippen LogP contribution >= 0.6 is 0 Å². The highest BCUT2D eigenvalue weighted by Gasteiger charge is 2.21. The summed E-state index contributed by atoms with van der Waals surface area (Å²) in [6, 6.07) is 7.97. The fraction of sp³-hybridized carbons (Fsp3) is 0.500. The summed E-state index contributed by atoms with van der Waals surface area (Å²) in [5.74, 6) is 0.181. The van der Waals surface area contributed by atoms with Crippen molar-refractivity contribution < 1.29 is 9.59 Å². The van der Waals surface area contributed by atoms with E-state index in [-0.39, 0.29) is 17.9 Å². The Morgan fingerprint density at radius 3 is 2.81 bits per heavy atom. The number of rotatable bonds is 6. The van der Waals surface area contributed by atoms with E-state index in [4.69, 9.17) is 0 Å². The normalized spacial score (nSPS) is 16.1. The molecule has 1 fully saturated rings. The molecule has 0 saturated carbocycles. The molecule has 0 spiro atoms. The van der Waals surface area contributed by atoms with Gasteiger partial charge in [-0.3, -0.25) is 9.59 Å². The Hall–Kier alpha value is -1.88. The standard InChI is InChI=1S/C16H23N3O2/c1-12(11-19-9-5-8-16(19)21)17-10-14-6-3-4-7-15(14)18-13(2)20/h3-4,6-7,12,17H,5,8-11H2,1-2H3,(H,18,20). The summed E-state index contributed by atoms with van der Waals surface area (Å²) in [6.07, 6.45) is 1.65. The third kappa shape index (κ3) is 4.56. The first-order valence-electron chi connectivity index (χ1n) is 7.43. The second kappa shape index (κ2) is 7.22. The minimum Gasteiger partial charge on any atom is -0.341 e. The average molecular weight is 289 g/mol. The zero-order valence-corrected chi connectivity index (χ0v) is 12.7. The second-order valence-electron chi connectivity index (χ2n) is 5.56. The number of para-hydroxylation sites is 1. The third-order valence-electron chi connectivity index (χ3n) is 3.63. The van der Waals surface area contributed by atoms with E-state index < -0.39 is 0 Å². The molecule has 1 aromatic rings. The topological polar surface area (TPSA) is 61.4 Å². The van der Waals surface area contributed by atoms with Gasteiger partial charge in [-0.05, 0) is 25.0 Å². The highest BCUT2D eigenvalue weighted by Crippen LogP contribution is 2.15. The number of benzene rings is 1. The molecule has 0 bridgehead atoms. The average Bonchev–Trinajstić information content (AvgIpc) is 2.83. The lowest BCUT2D eigenvalue weighted by Gasteiger charge is -2.22. The number of nitrogens with zero attached hydrogens (tertiary/aromatic N) is 1. The summed E-state index contributed by atoms with van der Waals surface area (Å²) < 4.78 is 0. The van der Waals surface area contributed by atoms with Crippen molar-refractivity contribution >= 4 is 17.5 Å². The smallest absolute Gasteiger partial charge is 0.222 e. The monoisotopic (exact) mass is 289 g/mol. The maximum atomic E-state index is 11.6. The molecule has 0 radical (unpaired) electrons. The van der Waals surface area contributed by atoms with Gasteiger partial charge < -0.3 is 15.5 Å². The Morgan fingerprint density at radius 2 is 2.14 bits per heavy atom. The van der Waals surface area contributed by atoms with Crippen molar-refractivity contribution in [1.29, 1.82) is 0 Å². The zero-order valence-electron chi connectivity index (χ0n) is 12.7. The molecule has 1 aliphatic heterocycles. The third-order valence-corrected chi connectivity index (χ3v) is 3.63. The van der Waals surface area contributed by atoms with Crippen molar-refractivity contribution in [3.63, 3.8) is 0 Å². The van der Waals surface area contributed by atoms with Crippen LogP contribution in [0.3, 0.4) is 0 Å². The van der Waals surface area contributed by atoms with Gasteiger partial charge in [0.2, 0.25) is 11.8 Å². The molecule has 1 aromatic carbocycles. The predicted octanol–water partition coefficient (Wildman–Crippen LogP) is 1.75. The van der Waals surface area contributed by atoms with Crippen LogP contribution in [0.15, 0.2) is 24.3 Å². The largest absolute Gasteiger partial charge is 0.341 e. The van der Waals surface area contributed by atoms with E-state index in [0.717, 1.165) is 30.8 Å². The van der Waals surface area contributed by atoms with Crippen LogP contribution in [-0.2, 0) is 16.1 Å². The number of nitrogens with one attached hydrogen (secondary N) is 2. The number of hydrogen-bond acceptors (Lipinski definition) is 3. The van der Waals surface area contributed by atoms with Gasteiger partial charge in [0.1, 0.15) is 0 Å². The van der Waals surface area contributed by atoms with Gasteiger partial charge in [0.15, 0.2) is 0 Å². The van der Waals surface area contributed by atoms with Crippen molar-refractivity contribution in [2.24, 2.45) is 0 Å². The van der Waals surface area contributed by atoms with Gasteiger partial charge in [-0.25, -0.2) is 0 Å². The highest BCUT2D eigenvalue weighted by molar-refractivity contribution is 5.89. The molecule has 5 heteroatoms. The number of likely N-dealkylation sites (tertiary alicyclic amines) is 1. The summed E-state index contributed by atoms with van der Waals surface area (Å²) in [7, 11) is 0. The SMILES string of the molecule is CC(=O)Nc1ccccc1CNC(C)CN1CCCC1=O. The molecule has 114 valence electrons. The lowest BCUT2D eigenvalue weighted by molar-refractivity contribution is -0.128. The van der Waals surface area contributed by atoms with Crippen molar-refractivity contribution in [3.05, 3.63) is 29.8 Å². The summed E-state index contributed by atoms with van der Waals surface area (Å²) in [5.41, 5.74) is 1.88. The van der Waals surface area contributed by atoms with E-state index in [1.165, 1.54) is 6.92 Å². The van der Waals surface area contributed by atoms with E-state index in [2.05, 4.69) is 17.6 Å². The van der Waals surface area contributed by atoms with Crippen molar-refractivity contribution in [1.82, 2.24) is 10.2 Å². The first-order valence-corrected chi connectivity index (χ1v) is 7.43. The van der Waals surface area contributed by atoms with Gasteiger partial charge in [0, 0.05) is 44.7 Å². The summed E-state index contributed by atoms with van der Waals surface area (Å²) >= 11 is 0. The van der Waals surface area contributed by atoms with Crippen LogP contribution < -0.4 is 10.6 Å². The molecule has 2 rings (SSSR count). The van der Waals surface area contributed by atoms with E-state index in [0.29, 0.717) is 13.0 Å². The molecular formula is C16H23N3O2. The number of carbonyl (C=O) groups is 2. The molecule has 1 heterocycles. The van der Waals surface area contributed by atoms with E-state index in [1.807, 2.05) is 29.2 Å². The Kier molecular flexibility index (Phi) is 5.33. The van der Waals surface area contributed by atoms with Crippen LogP contribution in [0.1, 0.15) is 32.3 Å². The number of carbonyl (C=O) groups excluding carboxylic acids is 2. The molecule has 0 aliphatic carbocycles. The van der Waals surface area contributed by atoms with Gasteiger partial charge in [-0.2, -0.15) is 0 Å². The molecule has 0 aromatic heterocycles. The zero-order chi connectivity index (χ0) is 15.2. The minimum absolute atomic E-state index is 0.0711. The first kappa shape index (κ1) is 15.5. The fourth-order valence-electron chi connectivity index (χ4n) is 2.56. The molecule has 5 nitrogen and oxygen atoms in total. The fourth-order valence-corrected chi connectivity index (χ4v) is 2.56. The molecule has 1 unspecified atom stereocenters. The Balaban J connectivity index is 1.87. The molecule has 1 aliphatic rings. The van der Waals surface area contributed by atoms with Crippen molar-refractivity contribution in [2.45, 2.75) is 39.3 Å². The van der Waals surface area contributed by atoms with E-state index >= 15 is 0 Å². The predicted molar refractivity (Wildman–Crippen MR) is 82.9 cm³/mol. The summed E-state index contributed by atoms with van der Waals surface area (Å²) in [6.45, 7) is 5.85.